The molecule has 0 aliphatic carbocycles. The Hall–Kier alpha value is -1.45. The van der Waals surface area contributed by atoms with Crippen molar-refractivity contribution in [3.63, 3.8) is 0 Å². The van der Waals surface area contributed by atoms with Gasteiger partial charge in [0.1, 0.15) is 0 Å². The molecule has 28 heavy (non-hydrogen) atoms. The van der Waals surface area contributed by atoms with Gasteiger partial charge in [-0.2, -0.15) is 13.2 Å². The summed E-state index contributed by atoms with van der Waals surface area (Å²) in [7, 11) is 1.35. The summed E-state index contributed by atoms with van der Waals surface area (Å²) in [4.78, 5) is 4.84. The van der Waals surface area contributed by atoms with Gasteiger partial charge in [0.05, 0.1) is 10.6 Å². The largest absolute Gasteiger partial charge is 0.428 e. The van der Waals surface area contributed by atoms with E-state index in [-0.39, 0.29) is 37.3 Å². The van der Waals surface area contributed by atoms with Crippen LogP contribution in [0, 0.1) is 6.92 Å². The van der Waals surface area contributed by atoms with Gasteiger partial charge in [0.25, 0.3) is 9.05 Å². The van der Waals surface area contributed by atoms with Gasteiger partial charge in [-0.15, -0.1) is 0 Å². The van der Waals surface area contributed by atoms with Gasteiger partial charge in [-0.05, 0) is 48.9 Å². The van der Waals surface area contributed by atoms with Crippen molar-refractivity contribution in [3.05, 3.63) is 69.2 Å². The van der Waals surface area contributed by atoms with Crippen LogP contribution in [0.15, 0.2) is 47.4 Å². The standard InChI is InChI=1S/C17H11Cl3F3NO3S/c1-9-4-10(2-3-15(9)28(20,25)26)14-8-16(27-24-14,17(21,22)23)11-5-12(18)7-13(19)6-11/h2-8,24H,1H3. The lowest BCUT2D eigenvalue weighted by atomic mass is 9.91. The molecule has 1 unspecified atom stereocenters. The first-order valence-electron chi connectivity index (χ1n) is 7.59. The summed E-state index contributed by atoms with van der Waals surface area (Å²) in [5.41, 5.74) is -0.331. The first-order chi connectivity index (χ1) is 12.8. The highest BCUT2D eigenvalue weighted by molar-refractivity contribution is 8.13. The van der Waals surface area contributed by atoms with E-state index < -0.39 is 20.8 Å². The zero-order valence-corrected chi connectivity index (χ0v) is 17.0. The Balaban J connectivity index is 2.14. The molecule has 0 saturated carbocycles. The first kappa shape index (κ1) is 21.3. The Kier molecular flexibility index (Phi) is 5.40. The molecule has 3 rings (SSSR count). The van der Waals surface area contributed by atoms with Crippen LogP contribution in [0.25, 0.3) is 5.70 Å². The van der Waals surface area contributed by atoms with Crippen LogP contribution in [0.2, 0.25) is 10.0 Å². The second-order valence-electron chi connectivity index (χ2n) is 6.07. The highest BCUT2D eigenvalue weighted by Crippen LogP contribution is 2.48. The van der Waals surface area contributed by atoms with Crippen LogP contribution in [0.1, 0.15) is 16.7 Å². The molecule has 2 aromatic rings. The fourth-order valence-corrected chi connectivity index (χ4v) is 4.56. The van der Waals surface area contributed by atoms with Crippen molar-refractivity contribution >= 4 is 48.6 Å². The maximum absolute atomic E-state index is 14.0. The van der Waals surface area contributed by atoms with Crippen molar-refractivity contribution in [1.29, 1.82) is 0 Å². The van der Waals surface area contributed by atoms with Gasteiger partial charge in [0.15, 0.2) is 0 Å². The summed E-state index contributed by atoms with van der Waals surface area (Å²) in [5.74, 6) is 0. The second kappa shape index (κ2) is 7.11. The van der Waals surface area contributed by atoms with Crippen LogP contribution in [-0.4, -0.2) is 14.6 Å². The summed E-state index contributed by atoms with van der Waals surface area (Å²) in [6, 6.07) is 7.43. The lowest BCUT2D eigenvalue weighted by Gasteiger charge is -2.28. The van der Waals surface area contributed by atoms with E-state index in [0.29, 0.717) is 0 Å². The number of hydrogen-bond donors (Lipinski definition) is 1. The number of halogens is 6. The topological polar surface area (TPSA) is 55.4 Å². The van der Waals surface area contributed by atoms with Crippen molar-refractivity contribution in [2.75, 3.05) is 0 Å². The van der Waals surface area contributed by atoms with Gasteiger partial charge < -0.3 is 0 Å². The first-order valence-corrected chi connectivity index (χ1v) is 10.7. The number of aryl methyl sites for hydroxylation is 1. The van der Waals surface area contributed by atoms with Gasteiger partial charge in [-0.3, -0.25) is 10.3 Å². The van der Waals surface area contributed by atoms with E-state index in [9.17, 15) is 21.6 Å². The minimum atomic E-state index is -4.84. The number of nitrogens with one attached hydrogen (secondary N) is 1. The zero-order chi connectivity index (χ0) is 20.9. The molecule has 0 radical (unpaired) electrons. The average molecular weight is 473 g/mol. The average Bonchev–Trinajstić information content (AvgIpc) is 2.99. The minimum absolute atomic E-state index is 0.00459. The Morgan fingerprint density at radius 2 is 1.68 bits per heavy atom. The third kappa shape index (κ3) is 3.84. The van der Waals surface area contributed by atoms with E-state index in [1.165, 1.54) is 31.2 Å². The SMILES string of the molecule is Cc1cc(C2=CC(c3cc(Cl)cc(Cl)c3)(C(F)(F)F)ON2)ccc1S(=O)(=O)Cl. The molecule has 11 heteroatoms. The van der Waals surface area contributed by atoms with Crippen LogP contribution in [-0.2, 0) is 19.5 Å². The molecule has 0 saturated heterocycles. The molecule has 0 aromatic heterocycles. The highest BCUT2D eigenvalue weighted by atomic mass is 35.7. The summed E-state index contributed by atoms with van der Waals surface area (Å²) in [5, 5.41) is 0.0354. The van der Waals surface area contributed by atoms with Gasteiger partial charge in [0.2, 0.25) is 5.60 Å². The van der Waals surface area contributed by atoms with Gasteiger partial charge in [0, 0.05) is 31.9 Å². The predicted molar refractivity (Wildman–Crippen MR) is 101 cm³/mol. The Morgan fingerprint density at radius 1 is 1.07 bits per heavy atom. The molecular formula is C17H11Cl3F3NO3S. The minimum Gasteiger partial charge on any atom is -0.265 e. The Labute approximate surface area is 173 Å². The molecule has 1 heterocycles. The summed E-state index contributed by atoms with van der Waals surface area (Å²) < 4.78 is 64.9. The van der Waals surface area contributed by atoms with Crippen molar-refractivity contribution in [3.8, 4) is 0 Å². The molecule has 0 amide bonds. The number of alkyl halides is 3. The quantitative estimate of drug-likeness (QED) is 0.594. The number of hydroxylamine groups is 1. The zero-order valence-electron chi connectivity index (χ0n) is 13.9. The van der Waals surface area contributed by atoms with E-state index in [0.717, 1.165) is 18.2 Å². The molecule has 0 bridgehead atoms. The number of hydrogen-bond acceptors (Lipinski definition) is 4. The van der Waals surface area contributed by atoms with Gasteiger partial charge >= 0.3 is 6.18 Å². The van der Waals surface area contributed by atoms with Crippen LogP contribution < -0.4 is 5.48 Å². The van der Waals surface area contributed by atoms with E-state index >= 15 is 0 Å². The number of benzene rings is 2. The van der Waals surface area contributed by atoms with Crippen LogP contribution >= 0.6 is 33.9 Å². The molecule has 1 atom stereocenters. The summed E-state index contributed by atoms with van der Waals surface area (Å²) in [6.07, 6.45) is -4.00. The summed E-state index contributed by atoms with van der Waals surface area (Å²) in [6.45, 7) is 1.48. The molecule has 1 aliphatic rings. The monoisotopic (exact) mass is 471 g/mol. The summed E-state index contributed by atoms with van der Waals surface area (Å²) >= 11 is 11.7. The van der Waals surface area contributed by atoms with Crippen molar-refractivity contribution in [1.82, 2.24) is 5.48 Å². The van der Waals surface area contributed by atoms with Gasteiger partial charge in [-0.25, -0.2) is 8.42 Å². The normalized spacial score (nSPS) is 20.0. The highest BCUT2D eigenvalue weighted by Gasteiger charge is 2.59. The second-order valence-corrected chi connectivity index (χ2v) is 9.48. The smallest absolute Gasteiger partial charge is 0.265 e. The van der Waals surface area contributed by atoms with Crippen molar-refractivity contribution in [2.45, 2.75) is 23.6 Å². The van der Waals surface area contributed by atoms with Gasteiger partial charge in [-0.1, -0.05) is 29.3 Å². The maximum atomic E-state index is 14.0. The predicted octanol–water partition coefficient (Wildman–Crippen LogP) is 5.56. The fraction of sp³-hybridized carbons (Fsp3) is 0.176. The lowest BCUT2D eigenvalue weighted by molar-refractivity contribution is -0.269. The molecule has 1 N–H and O–H groups in total. The van der Waals surface area contributed by atoms with Crippen LogP contribution in [0.3, 0.4) is 0 Å². The van der Waals surface area contributed by atoms with E-state index in [1.54, 1.807) is 0 Å². The molecule has 150 valence electrons. The molecule has 4 nitrogen and oxygen atoms in total. The lowest BCUT2D eigenvalue weighted by Crippen LogP contribution is -2.42. The van der Waals surface area contributed by atoms with Crippen molar-refractivity contribution < 1.29 is 26.4 Å². The molecular weight excluding hydrogens is 462 g/mol. The molecule has 0 fully saturated rings. The van der Waals surface area contributed by atoms with E-state index in [1.807, 2.05) is 0 Å². The van der Waals surface area contributed by atoms with Crippen LogP contribution in [0.4, 0.5) is 13.2 Å². The van der Waals surface area contributed by atoms with Crippen LogP contribution in [0.5, 0.6) is 0 Å². The Morgan fingerprint density at radius 3 is 2.18 bits per heavy atom. The third-order valence-electron chi connectivity index (χ3n) is 4.13. The van der Waals surface area contributed by atoms with E-state index in [2.05, 4.69) is 5.48 Å². The third-order valence-corrected chi connectivity index (χ3v) is 6.05. The maximum Gasteiger partial charge on any atom is 0.428 e. The molecule has 1 aliphatic heterocycles. The van der Waals surface area contributed by atoms with E-state index in [4.69, 9.17) is 38.7 Å². The number of rotatable bonds is 3. The van der Waals surface area contributed by atoms with Crippen molar-refractivity contribution in [2.24, 2.45) is 0 Å². The molecule has 0 spiro atoms. The molecule has 2 aromatic carbocycles. The fourth-order valence-electron chi connectivity index (χ4n) is 2.84. The Bertz CT molecular complexity index is 1070.